The van der Waals surface area contributed by atoms with Gasteiger partial charge in [-0.15, -0.1) is 0 Å². The minimum Gasteiger partial charge on any atom is -0.478 e. The molecule has 0 unspecified atom stereocenters. The zero-order valence-electron chi connectivity index (χ0n) is 10.1. The van der Waals surface area contributed by atoms with Crippen LogP contribution in [0.4, 0.5) is 0 Å². The lowest BCUT2D eigenvalue weighted by atomic mass is 10.4. The molecule has 0 bridgehead atoms. The first kappa shape index (κ1) is 15.3. The number of rotatable bonds is 9. The van der Waals surface area contributed by atoms with Crippen molar-refractivity contribution in [1.82, 2.24) is 0 Å². The van der Waals surface area contributed by atoms with Gasteiger partial charge in [0.05, 0.1) is 0 Å². The monoisotopic (exact) mass is 248 g/mol. The van der Waals surface area contributed by atoms with E-state index in [2.05, 4.69) is 6.58 Å². The van der Waals surface area contributed by atoms with Gasteiger partial charge in [-0.05, 0) is 20.8 Å². The molecule has 0 fully saturated rings. The highest BCUT2D eigenvalue weighted by molar-refractivity contribution is 6.62. The summed E-state index contributed by atoms with van der Waals surface area (Å²) in [7, 11) is -2.90. The normalized spacial score (nSPS) is 11.4. The molecular weight excluding hydrogens is 228 g/mol. The van der Waals surface area contributed by atoms with Crippen molar-refractivity contribution in [2.75, 3.05) is 19.8 Å². The molecule has 0 radical (unpaired) electrons. The lowest BCUT2D eigenvalue weighted by Gasteiger charge is -2.28. The number of aliphatic carboxylic acids is 1. The first-order valence-electron chi connectivity index (χ1n) is 5.34. The Bertz CT molecular complexity index is 224. The molecule has 0 rings (SSSR count). The molecule has 6 heteroatoms. The zero-order valence-corrected chi connectivity index (χ0v) is 11.1. The molecule has 0 amide bonds. The van der Waals surface area contributed by atoms with Gasteiger partial charge in [0.25, 0.3) is 0 Å². The van der Waals surface area contributed by atoms with E-state index in [1.807, 2.05) is 20.8 Å². The summed E-state index contributed by atoms with van der Waals surface area (Å²) in [6, 6.07) is 0.123. The molecule has 0 saturated carbocycles. The van der Waals surface area contributed by atoms with Crippen LogP contribution in [0.25, 0.3) is 0 Å². The van der Waals surface area contributed by atoms with E-state index >= 15 is 0 Å². The lowest BCUT2D eigenvalue weighted by molar-refractivity contribution is -0.132. The van der Waals surface area contributed by atoms with E-state index < -0.39 is 14.8 Å². The Morgan fingerprint density at radius 2 is 1.50 bits per heavy atom. The minimum absolute atomic E-state index is 0.0574. The van der Waals surface area contributed by atoms with Gasteiger partial charge in [0, 0.05) is 31.4 Å². The molecule has 94 valence electrons. The standard InChI is InChI=1S/C10H20O5Si/c1-5-13-16(14-6-2,15-7-3)8-9(4)10(11)12/h4-8H2,1-3H3,(H,11,12). The molecule has 0 aromatic carbocycles. The van der Waals surface area contributed by atoms with Gasteiger partial charge in [-0.1, -0.05) is 6.58 Å². The highest BCUT2D eigenvalue weighted by Crippen LogP contribution is 2.20. The van der Waals surface area contributed by atoms with E-state index in [9.17, 15) is 4.79 Å². The van der Waals surface area contributed by atoms with Crippen molar-refractivity contribution >= 4 is 14.8 Å². The van der Waals surface area contributed by atoms with Gasteiger partial charge in [-0.25, -0.2) is 4.79 Å². The first-order valence-corrected chi connectivity index (χ1v) is 7.27. The van der Waals surface area contributed by atoms with Crippen LogP contribution in [-0.4, -0.2) is 39.7 Å². The number of hydrogen-bond donors (Lipinski definition) is 1. The summed E-state index contributed by atoms with van der Waals surface area (Å²) in [5.41, 5.74) is 0.0574. The van der Waals surface area contributed by atoms with Crippen molar-refractivity contribution in [3.8, 4) is 0 Å². The third-order valence-electron chi connectivity index (χ3n) is 1.83. The minimum atomic E-state index is -2.90. The molecule has 0 aromatic heterocycles. The van der Waals surface area contributed by atoms with Gasteiger partial charge in [-0.2, -0.15) is 0 Å². The Kier molecular flexibility index (Phi) is 7.23. The van der Waals surface area contributed by atoms with Crippen molar-refractivity contribution in [2.45, 2.75) is 26.8 Å². The van der Waals surface area contributed by atoms with Gasteiger partial charge in [0.2, 0.25) is 0 Å². The number of carbonyl (C=O) groups is 1. The van der Waals surface area contributed by atoms with Crippen LogP contribution in [0.15, 0.2) is 12.2 Å². The van der Waals surface area contributed by atoms with Gasteiger partial charge in [0.1, 0.15) is 0 Å². The van der Waals surface area contributed by atoms with E-state index in [1.165, 1.54) is 0 Å². The van der Waals surface area contributed by atoms with Gasteiger partial charge >= 0.3 is 14.8 Å². The average Bonchev–Trinajstić information content (AvgIpc) is 2.18. The van der Waals surface area contributed by atoms with Crippen molar-refractivity contribution < 1.29 is 23.2 Å². The number of hydrogen-bond acceptors (Lipinski definition) is 4. The fraction of sp³-hybridized carbons (Fsp3) is 0.700. The Balaban J connectivity index is 4.71. The molecule has 0 aliphatic carbocycles. The summed E-state index contributed by atoms with van der Waals surface area (Å²) in [5, 5.41) is 8.81. The fourth-order valence-corrected chi connectivity index (χ4v) is 3.82. The van der Waals surface area contributed by atoms with E-state index in [0.29, 0.717) is 19.8 Å². The highest BCUT2D eigenvalue weighted by atomic mass is 28.4. The maximum Gasteiger partial charge on any atom is 0.505 e. The lowest BCUT2D eigenvalue weighted by Crippen LogP contribution is -2.46. The third-order valence-corrected chi connectivity index (χ3v) is 4.87. The molecule has 1 N–H and O–H groups in total. The number of carboxylic acid groups (broad SMARTS) is 1. The molecule has 0 saturated heterocycles. The van der Waals surface area contributed by atoms with E-state index in [1.54, 1.807) is 0 Å². The summed E-state index contributed by atoms with van der Waals surface area (Å²) in [4.78, 5) is 10.7. The van der Waals surface area contributed by atoms with E-state index in [0.717, 1.165) is 0 Å². The molecule has 0 atom stereocenters. The smallest absolute Gasteiger partial charge is 0.478 e. The number of carboxylic acids is 1. The second-order valence-corrected chi connectivity index (χ2v) is 5.65. The topological polar surface area (TPSA) is 65.0 Å². The molecule has 0 aliphatic rings. The van der Waals surface area contributed by atoms with Gasteiger partial charge in [-0.3, -0.25) is 0 Å². The average molecular weight is 248 g/mol. The predicted molar refractivity (Wildman–Crippen MR) is 62.2 cm³/mol. The van der Waals surface area contributed by atoms with Crippen LogP contribution in [0.1, 0.15) is 20.8 Å². The highest BCUT2D eigenvalue weighted by Gasteiger charge is 2.42. The van der Waals surface area contributed by atoms with Crippen LogP contribution in [0.5, 0.6) is 0 Å². The molecule has 0 heterocycles. The summed E-state index contributed by atoms with van der Waals surface area (Å²) >= 11 is 0. The summed E-state index contributed by atoms with van der Waals surface area (Å²) < 4.78 is 16.5. The molecule has 0 aliphatic heterocycles. The molecule has 0 spiro atoms. The second kappa shape index (κ2) is 7.56. The fourth-order valence-electron chi connectivity index (χ4n) is 1.27. The Hall–Kier alpha value is -0.693. The quantitative estimate of drug-likeness (QED) is 0.497. The SMILES string of the molecule is C=C(C[Si](OCC)(OCC)OCC)C(=O)O. The Morgan fingerprint density at radius 1 is 1.12 bits per heavy atom. The van der Waals surface area contributed by atoms with Crippen LogP contribution in [0.2, 0.25) is 6.04 Å². The maximum absolute atomic E-state index is 10.7. The van der Waals surface area contributed by atoms with Crippen molar-refractivity contribution in [1.29, 1.82) is 0 Å². The molecule has 0 aromatic rings. The summed E-state index contributed by atoms with van der Waals surface area (Å²) in [5.74, 6) is -1.05. The van der Waals surface area contributed by atoms with Crippen LogP contribution in [0, 0.1) is 0 Å². The van der Waals surface area contributed by atoms with Crippen molar-refractivity contribution in [2.24, 2.45) is 0 Å². The largest absolute Gasteiger partial charge is 0.505 e. The Morgan fingerprint density at radius 3 is 1.75 bits per heavy atom. The van der Waals surface area contributed by atoms with E-state index in [4.69, 9.17) is 18.4 Å². The van der Waals surface area contributed by atoms with Gasteiger partial charge < -0.3 is 18.4 Å². The zero-order chi connectivity index (χ0) is 12.6. The third kappa shape index (κ3) is 4.89. The van der Waals surface area contributed by atoms with Crippen molar-refractivity contribution in [3.63, 3.8) is 0 Å². The first-order chi connectivity index (χ1) is 7.51. The summed E-state index contributed by atoms with van der Waals surface area (Å²) in [6.07, 6.45) is 0. The van der Waals surface area contributed by atoms with Crippen LogP contribution < -0.4 is 0 Å². The van der Waals surface area contributed by atoms with Crippen LogP contribution in [-0.2, 0) is 18.1 Å². The van der Waals surface area contributed by atoms with Crippen LogP contribution >= 0.6 is 0 Å². The second-order valence-electron chi connectivity index (χ2n) is 3.07. The predicted octanol–water partition coefficient (Wildman–Crippen LogP) is 1.68. The summed E-state index contributed by atoms with van der Waals surface area (Å²) in [6.45, 7) is 10.2. The van der Waals surface area contributed by atoms with Gasteiger partial charge in [0.15, 0.2) is 0 Å². The molecular formula is C10H20O5Si. The maximum atomic E-state index is 10.7. The molecule has 5 nitrogen and oxygen atoms in total. The Labute approximate surface area is 97.4 Å². The van der Waals surface area contributed by atoms with Crippen LogP contribution in [0.3, 0.4) is 0 Å². The molecule has 16 heavy (non-hydrogen) atoms. The van der Waals surface area contributed by atoms with E-state index in [-0.39, 0.29) is 11.6 Å². The van der Waals surface area contributed by atoms with Crippen molar-refractivity contribution in [3.05, 3.63) is 12.2 Å².